The van der Waals surface area contributed by atoms with Gasteiger partial charge in [0.25, 0.3) is 0 Å². The Morgan fingerprint density at radius 2 is 1.81 bits per heavy atom. The predicted octanol–water partition coefficient (Wildman–Crippen LogP) is 3.18. The molecule has 0 amide bonds. The highest BCUT2D eigenvalue weighted by Crippen LogP contribution is 2.24. The van der Waals surface area contributed by atoms with E-state index in [9.17, 15) is 4.79 Å². The number of aromatic nitrogens is 1. The average Bonchev–Trinajstić information content (AvgIpc) is 2.47. The van der Waals surface area contributed by atoms with Gasteiger partial charge in [-0.05, 0) is 42.2 Å². The van der Waals surface area contributed by atoms with Gasteiger partial charge >= 0.3 is 5.97 Å². The van der Waals surface area contributed by atoms with Crippen LogP contribution < -0.4 is 0 Å². The summed E-state index contributed by atoms with van der Waals surface area (Å²) < 4.78 is 5.17. The zero-order valence-electron chi connectivity index (χ0n) is 12.0. The van der Waals surface area contributed by atoms with E-state index >= 15 is 0 Å². The highest BCUT2D eigenvalue weighted by molar-refractivity contribution is 5.94. The molecule has 0 spiro atoms. The molecular weight excluding hydrogens is 262 g/mol. The number of rotatable bonds is 2. The number of carbonyl (C=O) groups excluding carboxylic acids is 1. The van der Waals surface area contributed by atoms with Gasteiger partial charge in [-0.2, -0.15) is 0 Å². The van der Waals surface area contributed by atoms with Crippen molar-refractivity contribution >= 4 is 12.0 Å². The summed E-state index contributed by atoms with van der Waals surface area (Å²) in [6, 6.07) is 12.2. The summed E-state index contributed by atoms with van der Waals surface area (Å²) in [5, 5.41) is 0. The van der Waals surface area contributed by atoms with E-state index in [2.05, 4.69) is 23.2 Å². The van der Waals surface area contributed by atoms with Crippen LogP contribution in [0.1, 0.15) is 29.3 Å². The smallest absolute Gasteiger partial charge is 0.334 e. The minimum atomic E-state index is -0.259. The summed E-state index contributed by atoms with van der Waals surface area (Å²) in [7, 11) is 0. The fraction of sp³-hybridized carbons (Fsp3) is 0.222. The van der Waals surface area contributed by atoms with E-state index in [4.69, 9.17) is 4.74 Å². The van der Waals surface area contributed by atoms with Gasteiger partial charge in [-0.1, -0.05) is 30.3 Å². The van der Waals surface area contributed by atoms with Crippen molar-refractivity contribution in [3.8, 4) is 0 Å². The van der Waals surface area contributed by atoms with Crippen molar-refractivity contribution in [1.29, 1.82) is 0 Å². The van der Waals surface area contributed by atoms with Crippen LogP contribution in [0.15, 0.2) is 48.2 Å². The van der Waals surface area contributed by atoms with Crippen LogP contribution in [0.25, 0.3) is 6.08 Å². The zero-order valence-corrected chi connectivity index (χ0v) is 12.0. The molecule has 21 heavy (non-hydrogen) atoms. The fourth-order valence-corrected chi connectivity index (χ4v) is 2.61. The van der Waals surface area contributed by atoms with E-state index in [1.54, 1.807) is 6.20 Å². The van der Waals surface area contributed by atoms with Crippen LogP contribution in [0, 0.1) is 0 Å². The standard InChI is InChI=1S/C18H17NO2/c1-2-21-18(20)16-11-14-7-4-3-6-13(14)10-15-8-5-9-19-17(15)12-16/h3-9,12H,2,10-11H2,1H3/b16-12+. The number of hydrogen-bond acceptors (Lipinski definition) is 3. The number of nitrogens with zero attached hydrogens (tertiary/aromatic N) is 1. The van der Waals surface area contributed by atoms with E-state index in [1.807, 2.05) is 31.2 Å². The number of carbonyl (C=O) groups is 1. The van der Waals surface area contributed by atoms with Crippen molar-refractivity contribution in [2.24, 2.45) is 0 Å². The lowest BCUT2D eigenvalue weighted by molar-refractivity contribution is -0.138. The molecule has 3 nitrogen and oxygen atoms in total. The quantitative estimate of drug-likeness (QED) is 0.793. The van der Waals surface area contributed by atoms with Gasteiger partial charge in [0.2, 0.25) is 0 Å². The second-order valence-electron chi connectivity index (χ2n) is 5.06. The summed E-state index contributed by atoms with van der Waals surface area (Å²) in [4.78, 5) is 16.6. The molecule has 1 aliphatic rings. The number of fused-ring (bicyclic) bond motifs is 2. The first-order valence-electron chi connectivity index (χ1n) is 7.16. The molecule has 0 fully saturated rings. The van der Waals surface area contributed by atoms with E-state index < -0.39 is 0 Å². The van der Waals surface area contributed by atoms with Gasteiger partial charge in [0.05, 0.1) is 12.3 Å². The molecule has 3 heteroatoms. The number of ether oxygens (including phenoxy) is 1. The summed E-state index contributed by atoms with van der Waals surface area (Å²) >= 11 is 0. The Kier molecular flexibility index (Phi) is 3.82. The van der Waals surface area contributed by atoms with Gasteiger partial charge < -0.3 is 4.74 Å². The van der Waals surface area contributed by atoms with Crippen molar-refractivity contribution in [3.05, 3.63) is 70.6 Å². The molecule has 2 aromatic rings. The lowest BCUT2D eigenvalue weighted by Crippen LogP contribution is -2.13. The SMILES string of the molecule is CCOC(=O)/C1=C/c2ncccc2Cc2ccccc2C1. The molecule has 1 aromatic heterocycles. The molecule has 1 aliphatic carbocycles. The molecule has 3 rings (SSSR count). The molecule has 0 unspecified atom stereocenters. The second kappa shape index (κ2) is 5.92. The molecule has 0 aliphatic heterocycles. The van der Waals surface area contributed by atoms with Crippen molar-refractivity contribution in [2.45, 2.75) is 19.8 Å². The maximum Gasteiger partial charge on any atom is 0.334 e. The van der Waals surface area contributed by atoms with Gasteiger partial charge in [-0.15, -0.1) is 0 Å². The number of benzene rings is 1. The van der Waals surface area contributed by atoms with Crippen LogP contribution >= 0.6 is 0 Å². The minimum Gasteiger partial charge on any atom is -0.463 e. The minimum absolute atomic E-state index is 0.259. The Hall–Kier alpha value is -2.42. The second-order valence-corrected chi connectivity index (χ2v) is 5.06. The predicted molar refractivity (Wildman–Crippen MR) is 81.8 cm³/mol. The van der Waals surface area contributed by atoms with E-state index in [0.29, 0.717) is 18.6 Å². The van der Waals surface area contributed by atoms with Crippen LogP contribution in [0.2, 0.25) is 0 Å². The van der Waals surface area contributed by atoms with Crippen LogP contribution in [0.3, 0.4) is 0 Å². The van der Waals surface area contributed by atoms with Crippen LogP contribution in [-0.2, 0) is 22.4 Å². The maximum atomic E-state index is 12.2. The molecule has 0 saturated carbocycles. The van der Waals surface area contributed by atoms with Gasteiger partial charge in [0.15, 0.2) is 0 Å². The first kappa shape index (κ1) is 13.6. The number of esters is 1. The Bertz CT molecular complexity index is 704. The normalized spacial score (nSPS) is 15.8. The zero-order chi connectivity index (χ0) is 14.7. The average molecular weight is 279 g/mol. The molecule has 0 saturated heterocycles. The first-order chi connectivity index (χ1) is 10.3. The lowest BCUT2D eigenvalue weighted by atomic mass is 9.91. The highest BCUT2D eigenvalue weighted by Gasteiger charge is 2.18. The molecule has 0 atom stereocenters. The third-order valence-electron chi connectivity index (χ3n) is 3.65. The third kappa shape index (κ3) is 2.87. The molecule has 0 bridgehead atoms. The monoisotopic (exact) mass is 279 g/mol. The van der Waals surface area contributed by atoms with Gasteiger partial charge in [0, 0.05) is 18.2 Å². The summed E-state index contributed by atoms with van der Waals surface area (Å²) in [6.07, 6.45) is 5.05. The van der Waals surface area contributed by atoms with E-state index in [-0.39, 0.29) is 5.97 Å². The number of hydrogen-bond donors (Lipinski definition) is 0. The summed E-state index contributed by atoms with van der Waals surface area (Å²) in [5.41, 5.74) is 5.05. The van der Waals surface area contributed by atoms with Gasteiger partial charge in [0.1, 0.15) is 0 Å². The lowest BCUT2D eigenvalue weighted by Gasteiger charge is -2.16. The number of pyridine rings is 1. The highest BCUT2D eigenvalue weighted by atomic mass is 16.5. The topological polar surface area (TPSA) is 39.2 Å². The Balaban J connectivity index is 2.11. The third-order valence-corrected chi connectivity index (χ3v) is 3.65. The molecule has 1 heterocycles. The first-order valence-corrected chi connectivity index (χ1v) is 7.16. The summed E-state index contributed by atoms with van der Waals surface area (Å²) in [5.74, 6) is -0.259. The van der Waals surface area contributed by atoms with E-state index in [1.165, 1.54) is 11.1 Å². The Morgan fingerprint density at radius 1 is 1.10 bits per heavy atom. The molecule has 0 radical (unpaired) electrons. The Morgan fingerprint density at radius 3 is 2.57 bits per heavy atom. The summed E-state index contributed by atoms with van der Waals surface area (Å²) in [6.45, 7) is 2.20. The van der Waals surface area contributed by atoms with Crippen molar-refractivity contribution < 1.29 is 9.53 Å². The largest absolute Gasteiger partial charge is 0.463 e. The maximum absolute atomic E-state index is 12.2. The molecule has 0 N–H and O–H groups in total. The Labute approximate surface area is 124 Å². The van der Waals surface area contributed by atoms with Crippen molar-refractivity contribution in [2.75, 3.05) is 6.61 Å². The van der Waals surface area contributed by atoms with Crippen molar-refractivity contribution in [1.82, 2.24) is 4.98 Å². The van der Waals surface area contributed by atoms with Crippen molar-refractivity contribution in [3.63, 3.8) is 0 Å². The van der Waals surface area contributed by atoms with Crippen LogP contribution in [-0.4, -0.2) is 17.6 Å². The molecule has 1 aromatic carbocycles. The van der Waals surface area contributed by atoms with E-state index in [0.717, 1.165) is 17.7 Å². The van der Waals surface area contributed by atoms with Crippen LogP contribution in [0.5, 0.6) is 0 Å². The van der Waals surface area contributed by atoms with Crippen LogP contribution in [0.4, 0.5) is 0 Å². The molecular formula is C18H17NO2. The van der Waals surface area contributed by atoms with Gasteiger partial charge in [-0.3, -0.25) is 4.98 Å². The molecule has 106 valence electrons. The fourth-order valence-electron chi connectivity index (χ4n) is 2.61. The van der Waals surface area contributed by atoms with Gasteiger partial charge in [-0.25, -0.2) is 4.79 Å².